The fourth-order valence-electron chi connectivity index (χ4n) is 4.55. The van der Waals surface area contributed by atoms with Gasteiger partial charge in [0.05, 0.1) is 0 Å². The van der Waals surface area contributed by atoms with E-state index in [9.17, 15) is 4.79 Å². The third kappa shape index (κ3) is 4.54. The van der Waals surface area contributed by atoms with Gasteiger partial charge in [0.2, 0.25) is 0 Å². The third-order valence-electron chi connectivity index (χ3n) is 5.88. The molecule has 1 N–H and O–H groups in total. The molecule has 0 atom stereocenters. The highest BCUT2D eigenvalue weighted by molar-refractivity contribution is 5.67. The Hall–Kier alpha value is -2.01. The van der Waals surface area contributed by atoms with Crippen molar-refractivity contribution in [2.45, 2.75) is 70.6 Å². The van der Waals surface area contributed by atoms with Gasteiger partial charge in [0.25, 0.3) is 0 Å². The molecule has 2 heteroatoms. The van der Waals surface area contributed by atoms with E-state index in [1.54, 1.807) is 11.1 Å². The largest absolute Gasteiger partial charge is 0.481 e. The minimum absolute atomic E-state index is 0.131. The lowest BCUT2D eigenvalue weighted by Crippen LogP contribution is -2.01. The Morgan fingerprint density at radius 2 is 1.92 bits per heavy atom. The molecule has 132 valence electrons. The zero-order chi connectivity index (χ0) is 17.6. The Balaban J connectivity index is 1.65. The number of hydrogen-bond donors (Lipinski definition) is 1. The number of benzene rings is 1. The van der Waals surface area contributed by atoms with Crippen LogP contribution in [0.4, 0.5) is 0 Å². The van der Waals surface area contributed by atoms with Crippen LogP contribution in [0.5, 0.6) is 0 Å². The van der Waals surface area contributed by atoms with Gasteiger partial charge in [-0.15, -0.1) is 6.42 Å². The van der Waals surface area contributed by atoms with E-state index in [-0.39, 0.29) is 6.42 Å². The van der Waals surface area contributed by atoms with E-state index in [1.165, 1.54) is 50.5 Å². The topological polar surface area (TPSA) is 37.3 Å². The number of aliphatic carboxylic acids is 1. The number of carboxylic acid groups (broad SMARTS) is 1. The number of carboxylic acids is 1. The predicted octanol–water partition coefficient (Wildman–Crippen LogP) is 5.29. The number of allylic oxidation sites excluding steroid dienone is 2. The molecule has 0 spiro atoms. The lowest BCUT2D eigenvalue weighted by atomic mass is 9.91. The van der Waals surface area contributed by atoms with E-state index in [2.05, 4.69) is 18.1 Å². The molecule has 2 aliphatic carbocycles. The van der Waals surface area contributed by atoms with Crippen LogP contribution >= 0.6 is 0 Å². The zero-order valence-corrected chi connectivity index (χ0v) is 15.0. The van der Waals surface area contributed by atoms with Crippen molar-refractivity contribution in [3.8, 4) is 12.3 Å². The molecule has 2 nitrogen and oxygen atoms in total. The van der Waals surface area contributed by atoms with Gasteiger partial charge in [-0.1, -0.05) is 42.0 Å². The first-order chi connectivity index (χ1) is 12.2. The van der Waals surface area contributed by atoms with Gasteiger partial charge >= 0.3 is 5.97 Å². The summed E-state index contributed by atoms with van der Waals surface area (Å²) in [5.74, 6) is 2.83. The maximum Gasteiger partial charge on any atom is 0.303 e. The molecule has 0 amide bonds. The molecule has 0 heterocycles. The quantitative estimate of drug-likeness (QED) is 0.543. The van der Waals surface area contributed by atoms with Gasteiger partial charge in [-0.2, -0.15) is 0 Å². The zero-order valence-electron chi connectivity index (χ0n) is 15.0. The van der Waals surface area contributed by atoms with Crippen molar-refractivity contribution < 1.29 is 9.90 Å². The average molecular weight is 336 g/mol. The van der Waals surface area contributed by atoms with Crippen molar-refractivity contribution in [2.75, 3.05) is 0 Å². The molecule has 0 saturated heterocycles. The Morgan fingerprint density at radius 1 is 1.12 bits per heavy atom. The van der Waals surface area contributed by atoms with Gasteiger partial charge in [0.1, 0.15) is 0 Å². The van der Waals surface area contributed by atoms with Crippen molar-refractivity contribution >= 4 is 5.97 Å². The summed E-state index contributed by atoms with van der Waals surface area (Å²) in [4.78, 5) is 10.8. The second-order valence-corrected chi connectivity index (χ2v) is 7.49. The molecular formula is C23H28O2. The monoisotopic (exact) mass is 336 g/mol. The van der Waals surface area contributed by atoms with Crippen molar-refractivity contribution in [3.05, 3.63) is 46.0 Å². The normalized spacial score (nSPS) is 17.9. The highest BCUT2D eigenvalue weighted by Crippen LogP contribution is 2.41. The number of carbonyl (C=O) groups is 1. The van der Waals surface area contributed by atoms with Crippen LogP contribution in [-0.4, -0.2) is 11.1 Å². The summed E-state index contributed by atoms with van der Waals surface area (Å²) < 4.78 is 0. The van der Waals surface area contributed by atoms with Gasteiger partial charge in [0.15, 0.2) is 0 Å². The molecule has 25 heavy (non-hydrogen) atoms. The second kappa shape index (κ2) is 8.39. The SMILES string of the molecule is C#Cc1cc(CCC2=C(C3CCCC3)CCC2)ccc1CCC(=O)O. The molecule has 0 bridgehead atoms. The van der Waals surface area contributed by atoms with Gasteiger partial charge in [-0.3, -0.25) is 4.79 Å². The van der Waals surface area contributed by atoms with Crippen molar-refractivity contribution in [2.24, 2.45) is 5.92 Å². The van der Waals surface area contributed by atoms with Crippen LogP contribution < -0.4 is 0 Å². The fourth-order valence-corrected chi connectivity index (χ4v) is 4.55. The van der Waals surface area contributed by atoms with Crippen LogP contribution in [0.15, 0.2) is 29.3 Å². The third-order valence-corrected chi connectivity index (χ3v) is 5.88. The highest BCUT2D eigenvalue weighted by Gasteiger charge is 2.25. The van der Waals surface area contributed by atoms with Gasteiger partial charge < -0.3 is 5.11 Å². The highest BCUT2D eigenvalue weighted by atomic mass is 16.4. The van der Waals surface area contributed by atoms with Crippen LogP contribution in [0, 0.1) is 18.3 Å². The van der Waals surface area contributed by atoms with Crippen LogP contribution in [0.25, 0.3) is 0 Å². The smallest absolute Gasteiger partial charge is 0.303 e. The average Bonchev–Trinajstić information content (AvgIpc) is 3.29. The first kappa shape index (κ1) is 17.8. The standard InChI is InChI=1S/C23H28O2/c1-2-18-16-17(10-12-19(18)14-15-23(24)25)11-13-21-8-5-9-22(21)20-6-3-4-7-20/h1,10,12,16,20H,3-9,11,13-15H2,(H,24,25). The van der Waals surface area contributed by atoms with E-state index in [4.69, 9.17) is 11.5 Å². The summed E-state index contributed by atoms with van der Waals surface area (Å²) in [6.07, 6.45) is 18.0. The molecule has 2 aliphatic rings. The lowest BCUT2D eigenvalue weighted by molar-refractivity contribution is -0.136. The molecule has 1 aromatic rings. The summed E-state index contributed by atoms with van der Waals surface area (Å²) in [5.41, 5.74) is 6.60. The van der Waals surface area contributed by atoms with Crippen LogP contribution in [0.3, 0.4) is 0 Å². The molecule has 1 saturated carbocycles. The van der Waals surface area contributed by atoms with Crippen molar-refractivity contribution in [3.63, 3.8) is 0 Å². The summed E-state index contributed by atoms with van der Waals surface area (Å²) >= 11 is 0. The van der Waals surface area contributed by atoms with E-state index >= 15 is 0 Å². The summed E-state index contributed by atoms with van der Waals surface area (Å²) in [7, 11) is 0. The van der Waals surface area contributed by atoms with Crippen molar-refractivity contribution in [1.29, 1.82) is 0 Å². The number of terminal acetylenes is 1. The minimum atomic E-state index is -0.778. The summed E-state index contributed by atoms with van der Waals surface area (Å²) in [5, 5.41) is 8.86. The van der Waals surface area contributed by atoms with Crippen LogP contribution in [-0.2, 0) is 17.6 Å². The predicted molar refractivity (Wildman–Crippen MR) is 101 cm³/mol. The molecular weight excluding hydrogens is 308 g/mol. The molecule has 0 aliphatic heterocycles. The van der Waals surface area contributed by atoms with E-state index in [0.29, 0.717) is 6.42 Å². The molecule has 1 fully saturated rings. The molecule has 3 rings (SSSR count). The van der Waals surface area contributed by atoms with E-state index in [0.717, 1.165) is 29.9 Å². The van der Waals surface area contributed by atoms with E-state index < -0.39 is 5.97 Å². The Morgan fingerprint density at radius 3 is 2.64 bits per heavy atom. The van der Waals surface area contributed by atoms with Gasteiger partial charge in [0, 0.05) is 12.0 Å². The van der Waals surface area contributed by atoms with Crippen LogP contribution in [0.2, 0.25) is 0 Å². The molecule has 0 unspecified atom stereocenters. The summed E-state index contributed by atoms with van der Waals surface area (Å²) in [6, 6.07) is 6.24. The fraction of sp³-hybridized carbons (Fsp3) is 0.522. The number of aryl methyl sites for hydroxylation is 2. The Kier molecular flexibility index (Phi) is 5.97. The lowest BCUT2D eigenvalue weighted by Gasteiger charge is -2.14. The van der Waals surface area contributed by atoms with Gasteiger partial charge in [-0.05, 0) is 74.5 Å². The Bertz CT molecular complexity index is 699. The second-order valence-electron chi connectivity index (χ2n) is 7.49. The molecule has 0 aromatic heterocycles. The first-order valence-electron chi connectivity index (χ1n) is 9.68. The number of hydrogen-bond acceptors (Lipinski definition) is 1. The Labute approximate surface area is 151 Å². The van der Waals surface area contributed by atoms with Gasteiger partial charge in [-0.25, -0.2) is 0 Å². The van der Waals surface area contributed by atoms with E-state index in [1.807, 2.05) is 6.07 Å². The van der Waals surface area contributed by atoms with Crippen molar-refractivity contribution in [1.82, 2.24) is 0 Å². The maximum absolute atomic E-state index is 10.8. The minimum Gasteiger partial charge on any atom is -0.481 e. The molecule has 0 radical (unpaired) electrons. The maximum atomic E-state index is 10.8. The molecule has 1 aromatic carbocycles. The first-order valence-corrected chi connectivity index (χ1v) is 9.68. The summed E-state index contributed by atoms with van der Waals surface area (Å²) in [6.45, 7) is 0. The van der Waals surface area contributed by atoms with Crippen LogP contribution in [0.1, 0.15) is 74.5 Å². The number of rotatable bonds is 7.